The molecule has 2 amide bonds. The fourth-order valence-corrected chi connectivity index (χ4v) is 2.89. The smallest absolute Gasteiger partial charge is 0.329 e. The van der Waals surface area contributed by atoms with Crippen LogP contribution in [-0.2, 0) is 9.59 Å². The minimum Gasteiger partial charge on any atom is -0.497 e. The van der Waals surface area contributed by atoms with Crippen LogP contribution in [0, 0.1) is 0 Å². The van der Waals surface area contributed by atoms with Gasteiger partial charge in [0.1, 0.15) is 11.3 Å². The molecule has 0 spiro atoms. The number of carboxylic acid groups (broad SMARTS) is 1. The number of carbonyl (C=O) groups is 3. The summed E-state index contributed by atoms with van der Waals surface area (Å²) in [7, 11) is 1.50. The van der Waals surface area contributed by atoms with E-state index >= 15 is 0 Å². The van der Waals surface area contributed by atoms with E-state index in [4.69, 9.17) is 4.74 Å². The van der Waals surface area contributed by atoms with Crippen molar-refractivity contribution >= 4 is 17.8 Å². The predicted octanol–water partition coefficient (Wildman–Crippen LogP) is 1.33. The first kappa shape index (κ1) is 17.8. The molecule has 0 atom stereocenters. The number of rotatable bonds is 6. The zero-order chi connectivity index (χ0) is 17.6. The standard InChI is InChI=1S/C17H22N2O5/c1-24-13-7-5-6-12(10-13)15(21)18-11-14(20)19-17(16(22)23)8-3-2-4-9-17/h5-7,10H,2-4,8-9,11H2,1H3,(H,18,21)(H,19,20)(H,22,23). The van der Waals surface area contributed by atoms with Gasteiger partial charge in [-0.25, -0.2) is 4.79 Å². The number of hydrogen-bond acceptors (Lipinski definition) is 4. The average molecular weight is 334 g/mol. The van der Waals surface area contributed by atoms with Crippen molar-refractivity contribution in [3.63, 3.8) is 0 Å². The lowest BCUT2D eigenvalue weighted by Gasteiger charge is -2.33. The topological polar surface area (TPSA) is 105 Å². The van der Waals surface area contributed by atoms with Gasteiger partial charge in [-0.05, 0) is 31.0 Å². The molecule has 7 nitrogen and oxygen atoms in total. The van der Waals surface area contributed by atoms with Crippen LogP contribution in [0.15, 0.2) is 24.3 Å². The summed E-state index contributed by atoms with van der Waals surface area (Å²) in [5.74, 6) is -1.40. The van der Waals surface area contributed by atoms with Crippen molar-refractivity contribution in [2.75, 3.05) is 13.7 Å². The van der Waals surface area contributed by atoms with Crippen molar-refractivity contribution < 1.29 is 24.2 Å². The highest BCUT2D eigenvalue weighted by Gasteiger charge is 2.40. The van der Waals surface area contributed by atoms with Gasteiger partial charge in [0, 0.05) is 5.56 Å². The molecular formula is C17H22N2O5. The normalized spacial score (nSPS) is 16.0. The maximum absolute atomic E-state index is 12.1. The van der Waals surface area contributed by atoms with E-state index in [1.807, 2.05) is 0 Å². The first-order valence-corrected chi connectivity index (χ1v) is 7.93. The summed E-state index contributed by atoms with van der Waals surface area (Å²) in [6.07, 6.45) is 3.33. The SMILES string of the molecule is COc1cccc(C(=O)NCC(=O)NC2(C(=O)O)CCCCC2)c1. The van der Waals surface area contributed by atoms with Crippen LogP contribution in [0.3, 0.4) is 0 Å². The highest BCUT2D eigenvalue weighted by molar-refractivity contribution is 5.97. The molecule has 3 N–H and O–H groups in total. The van der Waals surface area contributed by atoms with Gasteiger partial charge in [0.2, 0.25) is 5.91 Å². The van der Waals surface area contributed by atoms with E-state index < -0.39 is 23.3 Å². The van der Waals surface area contributed by atoms with E-state index in [1.54, 1.807) is 24.3 Å². The minimum absolute atomic E-state index is 0.273. The number of carboxylic acids is 1. The second-order valence-electron chi connectivity index (χ2n) is 5.91. The predicted molar refractivity (Wildman–Crippen MR) is 86.9 cm³/mol. The molecule has 0 unspecified atom stereocenters. The molecule has 1 aromatic carbocycles. The molecule has 130 valence electrons. The maximum Gasteiger partial charge on any atom is 0.329 e. The lowest BCUT2D eigenvalue weighted by atomic mass is 9.81. The van der Waals surface area contributed by atoms with Crippen molar-refractivity contribution in [2.24, 2.45) is 0 Å². The lowest BCUT2D eigenvalue weighted by molar-refractivity contribution is -0.149. The number of carbonyl (C=O) groups excluding carboxylic acids is 2. The number of ether oxygens (including phenoxy) is 1. The average Bonchev–Trinajstić information content (AvgIpc) is 2.60. The number of methoxy groups -OCH3 is 1. The van der Waals surface area contributed by atoms with Crippen molar-refractivity contribution in [2.45, 2.75) is 37.6 Å². The summed E-state index contributed by atoms with van der Waals surface area (Å²) in [5.41, 5.74) is -0.844. The van der Waals surface area contributed by atoms with Crippen LogP contribution >= 0.6 is 0 Å². The van der Waals surface area contributed by atoms with Crippen molar-refractivity contribution in [1.29, 1.82) is 0 Å². The summed E-state index contributed by atoms with van der Waals surface area (Å²) in [6.45, 7) is -0.273. The van der Waals surface area contributed by atoms with E-state index in [0.29, 0.717) is 24.2 Å². The maximum atomic E-state index is 12.1. The van der Waals surface area contributed by atoms with Gasteiger partial charge in [-0.1, -0.05) is 25.3 Å². The number of benzene rings is 1. The third-order valence-electron chi connectivity index (χ3n) is 4.24. The Bertz CT molecular complexity index is 623. The molecule has 0 aromatic heterocycles. The number of nitrogens with one attached hydrogen (secondary N) is 2. The van der Waals surface area contributed by atoms with Crippen molar-refractivity contribution in [3.05, 3.63) is 29.8 Å². The molecule has 1 aliphatic carbocycles. The summed E-state index contributed by atoms with van der Waals surface area (Å²) >= 11 is 0. The molecule has 24 heavy (non-hydrogen) atoms. The van der Waals surface area contributed by atoms with E-state index in [-0.39, 0.29) is 6.54 Å². The molecular weight excluding hydrogens is 312 g/mol. The largest absolute Gasteiger partial charge is 0.497 e. The van der Waals surface area contributed by atoms with Crippen LogP contribution in [-0.4, -0.2) is 42.1 Å². The third kappa shape index (κ3) is 4.24. The number of hydrogen-bond donors (Lipinski definition) is 3. The summed E-state index contributed by atoms with van der Waals surface area (Å²) in [6, 6.07) is 6.56. The Kier molecular flexibility index (Phi) is 5.78. The van der Waals surface area contributed by atoms with Crippen molar-refractivity contribution in [3.8, 4) is 5.75 Å². The second kappa shape index (κ2) is 7.81. The Morgan fingerprint density at radius 1 is 1.21 bits per heavy atom. The molecule has 1 fully saturated rings. The summed E-state index contributed by atoms with van der Waals surface area (Å²) in [5, 5.41) is 14.5. The van der Waals surface area contributed by atoms with E-state index in [1.165, 1.54) is 7.11 Å². The van der Waals surface area contributed by atoms with Crippen LogP contribution in [0.25, 0.3) is 0 Å². The Hall–Kier alpha value is -2.57. The highest BCUT2D eigenvalue weighted by Crippen LogP contribution is 2.28. The Morgan fingerprint density at radius 3 is 2.54 bits per heavy atom. The Labute approximate surface area is 140 Å². The van der Waals surface area contributed by atoms with Crippen molar-refractivity contribution in [1.82, 2.24) is 10.6 Å². The zero-order valence-electron chi connectivity index (χ0n) is 13.6. The van der Waals surface area contributed by atoms with Crippen LogP contribution in [0.1, 0.15) is 42.5 Å². The van der Waals surface area contributed by atoms with Gasteiger partial charge in [0.15, 0.2) is 0 Å². The summed E-state index contributed by atoms with van der Waals surface area (Å²) < 4.78 is 5.05. The van der Waals surface area contributed by atoms with E-state index in [9.17, 15) is 19.5 Å². The molecule has 7 heteroatoms. The van der Waals surface area contributed by atoms with Gasteiger partial charge in [-0.15, -0.1) is 0 Å². The molecule has 1 saturated carbocycles. The third-order valence-corrected chi connectivity index (χ3v) is 4.24. The van der Waals surface area contributed by atoms with Crippen LogP contribution < -0.4 is 15.4 Å². The fraction of sp³-hybridized carbons (Fsp3) is 0.471. The van der Waals surface area contributed by atoms with Gasteiger partial charge in [0.05, 0.1) is 13.7 Å². The minimum atomic E-state index is -1.21. The monoisotopic (exact) mass is 334 g/mol. The van der Waals surface area contributed by atoms with Gasteiger partial charge >= 0.3 is 5.97 Å². The zero-order valence-corrected chi connectivity index (χ0v) is 13.6. The van der Waals surface area contributed by atoms with E-state index in [2.05, 4.69) is 10.6 Å². The molecule has 0 heterocycles. The molecule has 0 bridgehead atoms. The highest BCUT2D eigenvalue weighted by atomic mass is 16.5. The summed E-state index contributed by atoms with van der Waals surface area (Å²) in [4.78, 5) is 35.7. The van der Waals surface area contributed by atoms with Gasteiger partial charge in [0.25, 0.3) is 5.91 Å². The molecule has 2 rings (SSSR count). The van der Waals surface area contributed by atoms with Gasteiger partial charge < -0.3 is 20.5 Å². The quantitative estimate of drug-likeness (QED) is 0.728. The van der Waals surface area contributed by atoms with Crippen LogP contribution in [0.4, 0.5) is 0 Å². The first-order chi connectivity index (χ1) is 11.5. The fourth-order valence-electron chi connectivity index (χ4n) is 2.89. The second-order valence-corrected chi connectivity index (χ2v) is 5.91. The van der Waals surface area contributed by atoms with E-state index in [0.717, 1.165) is 19.3 Å². The lowest BCUT2D eigenvalue weighted by Crippen LogP contribution is -2.57. The Balaban J connectivity index is 1.92. The Morgan fingerprint density at radius 2 is 1.92 bits per heavy atom. The van der Waals surface area contributed by atoms with Crippen LogP contribution in [0.2, 0.25) is 0 Å². The number of amides is 2. The first-order valence-electron chi connectivity index (χ1n) is 7.93. The van der Waals surface area contributed by atoms with Crippen LogP contribution in [0.5, 0.6) is 5.75 Å². The molecule has 1 aliphatic rings. The molecule has 1 aromatic rings. The molecule has 0 radical (unpaired) electrons. The van der Waals surface area contributed by atoms with Gasteiger partial charge in [-0.2, -0.15) is 0 Å². The number of aliphatic carboxylic acids is 1. The molecule has 0 aliphatic heterocycles. The van der Waals surface area contributed by atoms with Gasteiger partial charge in [-0.3, -0.25) is 9.59 Å². The molecule has 0 saturated heterocycles.